The largest absolute Gasteiger partial charge is 0.394 e. The number of nitrogens with zero attached hydrogens (tertiary/aromatic N) is 2. The van der Waals surface area contributed by atoms with Crippen LogP contribution in [0.1, 0.15) is 23.5 Å². The molecule has 1 aliphatic heterocycles. The van der Waals surface area contributed by atoms with Crippen molar-refractivity contribution in [1.29, 1.82) is 0 Å². The van der Waals surface area contributed by atoms with Crippen LogP contribution in [0.15, 0.2) is 22.1 Å². The SMILES string of the molecule is CC1(O)C(n2cc(C(N)=O)c(=O)c3c(=O)[nH]cnc32)OC(CO)[C@H]1O. The number of aromatic nitrogens is 3. The van der Waals surface area contributed by atoms with Gasteiger partial charge in [-0.25, -0.2) is 4.98 Å². The van der Waals surface area contributed by atoms with Gasteiger partial charge in [0.2, 0.25) is 5.43 Å². The second-order valence-corrected chi connectivity index (χ2v) is 5.95. The molecule has 4 atom stereocenters. The van der Waals surface area contributed by atoms with Crippen LogP contribution in [0.3, 0.4) is 0 Å². The minimum absolute atomic E-state index is 0.171. The van der Waals surface area contributed by atoms with Gasteiger partial charge in [0.15, 0.2) is 11.9 Å². The van der Waals surface area contributed by atoms with Crippen LogP contribution in [0, 0.1) is 0 Å². The Hall–Kier alpha value is -2.60. The summed E-state index contributed by atoms with van der Waals surface area (Å²) in [4.78, 5) is 42.1. The monoisotopic (exact) mass is 352 g/mol. The minimum Gasteiger partial charge on any atom is -0.394 e. The number of primary amides is 1. The average molecular weight is 352 g/mol. The molecule has 0 aromatic carbocycles. The van der Waals surface area contributed by atoms with Gasteiger partial charge >= 0.3 is 0 Å². The third-order valence-electron chi connectivity index (χ3n) is 4.27. The molecule has 0 spiro atoms. The number of nitrogens with two attached hydrogens (primary N) is 1. The molecular weight excluding hydrogens is 336 g/mol. The summed E-state index contributed by atoms with van der Waals surface area (Å²) < 4.78 is 6.53. The summed E-state index contributed by atoms with van der Waals surface area (Å²) in [5.74, 6) is -1.08. The Morgan fingerprint density at radius 2 is 2.20 bits per heavy atom. The fourth-order valence-corrected chi connectivity index (χ4v) is 2.93. The molecule has 134 valence electrons. The second-order valence-electron chi connectivity index (χ2n) is 5.95. The number of fused-ring (bicyclic) bond motifs is 1. The van der Waals surface area contributed by atoms with Gasteiger partial charge in [-0.2, -0.15) is 0 Å². The lowest BCUT2D eigenvalue weighted by molar-refractivity contribution is -0.0951. The van der Waals surface area contributed by atoms with Crippen LogP contribution in [0.5, 0.6) is 0 Å². The Bertz CT molecular complexity index is 964. The standard InChI is InChI=1S/C14H16N4O7/c1-14(24)9(21)6(3-19)25-13(14)18-2-5(10(15)22)8(20)7-11(18)16-4-17-12(7)23/h2,4,6,9,13,19,21,24H,3H2,1H3,(H2,15,22)(H,16,17,23)/t6?,9-,13?,14?/m1/s1. The number of pyridine rings is 1. The third kappa shape index (κ3) is 2.44. The van der Waals surface area contributed by atoms with Crippen LogP contribution in [-0.2, 0) is 4.74 Å². The van der Waals surface area contributed by atoms with Crippen LogP contribution in [0.25, 0.3) is 11.0 Å². The zero-order chi connectivity index (χ0) is 18.5. The van der Waals surface area contributed by atoms with Crippen molar-refractivity contribution in [2.75, 3.05) is 6.61 Å². The fraction of sp³-hybridized carbons (Fsp3) is 0.429. The second kappa shape index (κ2) is 5.74. The van der Waals surface area contributed by atoms with E-state index in [4.69, 9.17) is 10.5 Å². The van der Waals surface area contributed by atoms with Crippen molar-refractivity contribution < 1.29 is 24.9 Å². The van der Waals surface area contributed by atoms with Crippen molar-refractivity contribution in [3.8, 4) is 0 Å². The summed E-state index contributed by atoms with van der Waals surface area (Å²) >= 11 is 0. The lowest BCUT2D eigenvalue weighted by Crippen LogP contribution is -2.44. The lowest BCUT2D eigenvalue weighted by atomic mass is 9.96. The van der Waals surface area contributed by atoms with Crippen molar-refractivity contribution in [1.82, 2.24) is 14.5 Å². The van der Waals surface area contributed by atoms with E-state index in [2.05, 4.69) is 9.97 Å². The molecule has 2 aromatic rings. The van der Waals surface area contributed by atoms with E-state index in [-0.39, 0.29) is 5.65 Å². The van der Waals surface area contributed by atoms with Gasteiger partial charge in [-0.15, -0.1) is 0 Å². The molecule has 1 aliphatic rings. The number of ether oxygens (including phenoxy) is 1. The van der Waals surface area contributed by atoms with Crippen LogP contribution < -0.4 is 16.7 Å². The van der Waals surface area contributed by atoms with E-state index in [0.29, 0.717) is 0 Å². The molecule has 3 rings (SSSR count). The van der Waals surface area contributed by atoms with E-state index in [9.17, 15) is 29.7 Å². The van der Waals surface area contributed by atoms with Gasteiger partial charge in [0.05, 0.1) is 12.9 Å². The summed E-state index contributed by atoms with van der Waals surface area (Å²) in [5, 5.41) is 29.5. The molecule has 11 nitrogen and oxygen atoms in total. The maximum Gasteiger partial charge on any atom is 0.264 e. The Labute approximate surface area is 139 Å². The highest BCUT2D eigenvalue weighted by Gasteiger charge is 2.53. The van der Waals surface area contributed by atoms with Gasteiger partial charge in [0.1, 0.15) is 28.8 Å². The molecule has 2 aromatic heterocycles. The lowest BCUT2D eigenvalue weighted by Gasteiger charge is -2.29. The van der Waals surface area contributed by atoms with Crippen LogP contribution in [-0.4, -0.2) is 60.2 Å². The number of hydrogen-bond donors (Lipinski definition) is 5. The number of aliphatic hydroxyl groups excluding tert-OH is 2. The number of aromatic amines is 1. The zero-order valence-electron chi connectivity index (χ0n) is 13.0. The topological polar surface area (TPSA) is 181 Å². The van der Waals surface area contributed by atoms with Gasteiger partial charge in [0.25, 0.3) is 11.5 Å². The Morgan fingerprint density at radius 1 is 1.52 bits per heavy atom. The first-order chi connectivity index (χ1) is 11.7. The molecule has 0 radical (unpaired) electrons. The van der Waals surface area contributed by atoms with E-state index in [0.717, 1.165) is 17.1 Å². The maximum atomic E-state index is 12.3. The first-order valence-electron chi connectivity index (χ1n) is 7.29. The van der Waals surface area contributed by atoms with Gasteiger partial charge in [-0.05, 0) is 6.92 Å². The van der Waals surface area contributed by atoms with Crippen molar-refractivity contribution >= 4 is 16.9 Å². The number of carbonyl (C=O) groups is 1. The quantitative estimate of drug-likeness (QED) is 0.392. The highest BCUT2D eigenvalue weighted by atomic mass is 16.6. The first-order valence-corrected chi connectivity index (χ1v) is 7.29. The predicted octanol–water partition coefficient (Wildman–Crippen LogP) is -2.81. The van der Waals surface area contributed by atoms with Crippen molar-refractivity contribution in [3.05, 3.63) is 38.7 Å². The van der Waals surface area contributed by atoms with Crippen LogP contribution in [0.4, 0.5) is 0 Å². The highest BCUT2D eigenvalue weighted by Crippen LogP contribution is 2.38. The van der Waals surface area contributed by atoms with Gasteiger partial charge in [-0.3, -0.25) is 14.4 Å². The van der Waals surface area contributed by atoms with Crippen molar-refractivity contribution in [3.63, 3.8) is 0 Å². The smallest absolute Gasteiger partial charge is 0.264 e. The molecule has 1 amide bonds. The third-order valence-corrected chi connectivity index (χ3v) is 4.27. The van der Waals surface area contributed by atoms with E-state index in [1.165, 1.54) is 6.92 Å². The molecule has 1 fully saturated rings. The van der Waals surface area contributed by atoms with Gasteiger partial charge in [0, 0.05) is 6.20 Å². The Balaban J connectivity index is 2.36. The Kier molecular flexibility index (Phi) is 3.95. The maximum absolute atomic E-state index is 12.3. The fourth-order valence-electron chi connectivity index (χ4n) is 2.93. The van der Waals surface area contributed by atoms with Crippen LogP contribution in [0.2, 0.25) is 0 Å². The number of aliphatic hydroxyl groups is 3. The normalized spacial score (nSPS) is 29.2. The Morgan fingerprint density at radius 3 is 2.76 bits per heavy atom. The first kappa shape index (κ1) is 17.2. The molecular formula is C14H16N4O7. The summed E-state index contributed by atoms with van der Waals surface area (Å²) in [5.41, 5.74) is 0.893. The van der Waals surface area contributed by atoms with Crippen molar-refractivity contribution in [2.24, 2.45) is 5.73 Å². The molecule has 11 heteroatoms. The average Bonchev–Trinajstić information content (AvgIpc) is 2.78. The van der Waals surface area contributed by atoms with Gasteiger partial charge < -0.3 is 35.3 Å². The number of hydrogen-bond acceptors (Lipinski definition) is 8. The molecule has 3 unspecified atom stereocenters. The van der Waals surface area contributed by atoms with Crippen LogP contribution >= 0.6 is 0 Å². The number of rotatable bonds is 3. The predicted molar refractivity (Wildman–Crippen MR) is 82.8 cm³/mol. The van der Waals surface area contributed by atoms with Gasteiger partial charge in [-0.1, -0.05) is 0 Å². The molecule has 6 N–H and O–H groups in total. The molecule has 0 aliphatic carbocycles. The molecule has 1 saturated heterocycles. The summed E-state index contributed by atoms with van der Waals surface area (Å²) in [7, 11) is 0. The summed E-state index contributed by atoms with van der Waals surface area (Å²) in [6.45, 7) is 0.668. The zero-order valence-corrected chi connectivity index (χ0v) is 13.0. The van der Waals surface area contributed by atoms with E-state index in [1.807, 2.05) is 0 Å². The number of H-pyrrole nitrogens is 1. The van der Waals surface area contributed by atoms with E-state index >= 15 is 0 Å². The van der Waals surface area contributed by atoms with E-state index in [1.54, 1.807) is 0 Å². The molecule has 0 bridgehead atoms. The summed E-state index contributed by atoms with van der Waals surface area (Å²) in [6.07, 6.45) is -1.88. The number of nitrogens with one attached hydrogen (secondary N) is 1. The van der Waals surface area contributed by atoms with Crippen molar-refractivity contribution in [2.45, 2.75) is 31.0 Å². The molecule has 0 saturated carbocycles. The molecule has 3 heterocycles. The minimum atomic E-state index is -1.91. The number of carbonyl (C=O) groups excluding carboxylic acids is 1. The summed E-state index contributed by atoms with van der Waals surface area (Å²) in [6, 6.07) is 0. The molecule has 25 heavy (non-hydrogen) atoms. The van der Waals surface area contributed by atoms with E-state index < -0.39 is 58.5 Å². The highest BCUT2D eigenvalue weighted by molar-refractivity contribution is 5.95. The number of amides is 1.